The van der Waals surface area contributed by atoms with E-state index in [0.29, 0.717) is 25.3 Å². The van der Waals surface area contributed by atoms with E-state index in [2.05, 4.69) is 43.4 Å². The Hall–Kier alpha value is -2.62. The first-order valence-electron chi connectivity index (χ1n) is 10.8. The fourth-order valence-electron chi connectivity index (χ4n) is 3.30. The van der Waals surface area contributed by atoms with Crippen LogP contribution in [0.4, 0.5) is 0 Å². The summed E-state index contributed by atoms with van der Waals surface area (Å²) in [6.07, 6.45) is 1.04. The minimum absolute atomic E-state index is 0.0108. The van der Waals surface area contributed by atoms with Crippen molar-refractivity contribution in [2.75, 3.05) is 0 Å². The molecule has 2 aromatic carbocycles. The molecule has 0 spiro atoms. The molecular weight excluding hydrogens is 372 g/mol. The molecule has 4 nitrogen and oxygen atoms in total. The fourth-order valence-corrected chi connectivity index (χ4v) is 3.30. The van der Waals surface area contributed by atoms with Gasteiger partial charge in [0.1, 0.15) is 6.04 Å². The van der Waals surface area contributed by atoms with Crippen LogP contribution in [0.25, 0.3) is 0 Å². The summed E-state index contributed by atoms with van der Waals surface area (Å²) in [7, 11) is 0. The van der Waals surface area contributed by atoms with E-state index < -0.39 is 6.04 Å². The number of carbonyl (C=O) groups is 2. The lowest BCUT2D eigenvalue weighted by Crippen LogP contribution is -2.52. The number of hydrogen-bond donors (Lipinski definition) is 1. The predicted molar refractivity (Wildman–Crippen MR) is 123 cm³/mol. The van der Waals surface area contributed by atoms with Gasteiger partial charge in [-0.15, -0.1) is 0 Å². The molecule has 0 saturated heterocycles. The third-order valence-corrected chi connectivity index (χ3v) is 5.14. The second kappa shape index (κ2) is 10.4. The van der Waals surface area contributed by atoms with Gasteiger partial charge in [-0.3, -0.25) is 9.59 Å². The molecule has 0 aromatic heterocycles. The van der Waals surface area contributed by atoms with Crippen molar-refractivity contribution in [3.63, 3.8) is 0 Å². The zero-order chi connectivity index (χ0) is 22.3. The Balaban J connectivity index is 2.11. The monoisotopic (exact) mass is 408 g/mol. The third kappa shape index (κ3) is 7.33. The predicted octanol–water partition coefficient (Wildman–Crippen LogP) is 5.07. The van der Waals surface area contributed by atoms with Crippen molar-refractivity contribution in [1.29, 1.82) is 0 Å². The van der Waals surface area contributed by atoms with E-state index >= 15 is 0 Å². The summed E-state index contributed by atoms with van der Waals surface area (Å²) in [5.74, 6) is 0.348. The molecule has 0 heterocycles. The highest BCUT2D eigenvalue weighted by molar-refractivity contribution is 5.87. The molecule has 1 N–H and O–H groups in total. The first-order valence-corrected chi connectivity index (χ1v) is 10.8. The Bertz CT molecular complexity index is 820. The van der Waals surface area contributed by atoms with E-state index in [4.69, 9.17) is 0 Å². The molecule has 2 aromatic rings. The third-order valence-electron chi connectivity index (χ3n) is 5.14. The summed E-state index contributed by atoms with van der Waals surface area (Å²) in [5.41, 5.74) is 3.11. The number of hydrogen-bond acceptors (Lipinski definition) is 2. The molecular formula is C26H36N2O2. The number of carbonyl (C=O) groups excluding carboxylic acids is 2. The van der Waals surface area contributed by atoms with E-state index in [9.17, 15) is 9.59 Å². The van der Waals surface area contributed by atoms with Crippen LogP contribution in [0.2, 0.25) is 0 Å². The van der Waals surface area contributed by atoms with E-state index in [1.165, 1.54) is 5.56 Å². The SMILES string of the molecule is CC(C)c1ccc(CCC(=O)N(Cc2ccccc2)[C@@H](C)C(=O)NC(C)(C)C)cc1. The minimum atomic E-state index is -0.541. The molecule has 0 radical (unpaired) electrons. The van der Waals surface area contributed by atoms with Crippen molar-refractivity contribution in [2.24, 2.45) is 0 Å². The van der Waals surface area contributed by atoms with E-state index in [1.54, 1.807) is 11.8 Å². The first-order chi connectivity index (χ1) is 14.1. The Morgan fingerprint density at radius 2 is 1.50 bits per heavy atom. The van der Waals surface area contributed by atoms with Crippen LogP contribution in [0.5, 0.6) is 0 Å². The normalized spacial score (nSPS) is 12.5. The maximum Gasteiger partial charge on any atom is 0.242 e. The fraction of sp³-hybridized carbons (Fsp3) is 0.462. The van der Waals surface area contributed by atoms with Gasteiger partial charge in [0.2, 0.25) is 11.8 Å². The number of aryl methyl sites for hydroxylation is 1. The van der Waals surface area contributed by atoms with Crippen LogP contribution in [-0.4, -0.2) is 28.3 Å². The molecule has 0 aliphatic rings. The smallest absolute Gasteiger partial charge is 0.242 e. The maximum absolute atomic E-state index is 13.2. The van der Waals surface area contributed by atoms with Crippen LogP contribution in [-0.2, 0) is 22.6 Å². The number of rotatable bonds is 8. The molecule has 162 valence electrons. The lowest BCUT2D eigenvalue weighted by Gasteiger charge is -2.31. The number of benzene rings is 2. The first kappa shape index (κ1) is 23.7. The molecule has 4 heteroatoms. The Kier molecular flexibility index (Phi) is 8.22. The number of amides is 2. The standard InChI is InChI=1S/C26H36N2O2/c1-19(2)23-15-12-21(13-16-23)14-17-24(29)28(18-22-10-8-7-9-11-22)20(3)25(30)27-26(4,5)6/h7-13,15-16,19-20H,14,17-18H2,1-6H3,(H,27,30)/t20-/m0/s1. The van der Waals surface area contributed by atoms with Gasteiger partial charge in [-0.2, -0.15) is 0 Å². The van der Waals surface area contributed by atoms with Crippen molar-refractivity contribution >= 4 is 11.8 Å². The largest absolute Gasteiger partial charge is 0.350 e. The van der Waals surface area contributed by atoms with Gasteiger partial charge in [0.25, 0.3) is 0 Å². The van der Waals surface area contributed by atoms with Crippen LogP contribution in [0, 0.1) is 0 Å². The molecule has 2 amide bonds. The summed E-state index contributed by atoms with van der Waals surface area (Å²) in [5, 5.41) is 3.00. The van der Waals surface area contributed by atoms with Crippen molar-refractivity contribution in [1.82, 2.24) is 10.2 Å². The summed E-state index contributed by atoms with van der Waals surface area (Å²) in [6, 6.07) is 17.7. The van der Waals surface area contributed by atoms with Crippen molar-refractivity contribution in [3.8, 4) is 0 Å². The zero-order valence-electron chi connectivity index (χ0n) is 19.2. The van der Waals surface area contributed by atoms with Gasteiger partial charge >= 0.3 is 0 Å². The number of nitrogens with one attached hydrogen (secondary N) is 1. The molecule has 0 aliphatic carbocycles. The Labute approximate surface area is 181 Å². The van der Waals surface area contributed by atoms with Gasteiger partial charge in [-0.25, -0.2) is 0 Å². The van der Waals surface area contributed by atoms with Crippen LogP contribution in [0.15, 0.2) is 54.6 Å². The summed E-state index contributed by atoms with van der Waals surface area (Å²) < 4.78 is 0. The van der Waals surface area contributed by atoms with Gasteiger partial charge in [-0.05, 0) is 56.7 Å². The van der Waals surface area contributed by atoms with Crippen LogP contribution in [0.3, 0.4) is 0 Å². The second-order valence-electron chi connectivity index (χ2n) is 9.32. The van der Waals surface area contributed by atoms with Crippen LogP contribution < -0.4 is 5.32 Å². The molecule has 0 aliphatic heterocycles. The highest BCUT2D eigenvalue weighted by Crippen LogP contribution is 2.17. The Morgan fingerprint density at radius 1 is 0.900 bits per heavy atom. The van der Waals surface area contributed by atoms with Gasteiger partial charge in [0, 0.05) is 18.5 Å². The van der Waals surface area contributed by atoms with Gasteiger partial charge in [0.05, 0.1) is 0 Å². The van der Waals surface area contributed by atoms with Gasteiger partial charge < -0.3 is 10.2 Å². The Morgan fingerprint density at radius 3 is 2.03 bits per heavy atom. The van der Waals surface area contributed by atoms with Gasteiger partial charge in [-0.1, -0.05) is 68.4 Å². The van der Waals surface area contributed by atoms with Crippen LogP contribution >= 0.6 is 0 Å². The van der Waals surface area contributed by atoms with E-state index in [1.807, 2.05) is 51.1 Å². The van der Waals surface area contributed by atoms with Crippen molar-refractivity contribution < 1.29 is 9.59 Å². The maximum atomic E-state index is 13.2. The number of nitrogens with zero attached hydrogens (tertiary/aromatic N) is 1. The molecule has 1 atom stereocenters. The quantitative estimate of drug-likeness (QED) is 0.663. The average Bonchev–Trinajstić information content (AvgIpc) is 2.69. The van der Waals surface area contributed by atoms with Crippen molar-refractivity contribution in [2.45, 2.75) is 78.4 Å². The average molecular weight is 409 g/mol. The zero-order valence-corrected chi connectivity index (χ0v) is 19.2. The second-order valence-corrected chi connectivity index (χ2v) is 9.32. The van der Waals surface area contributed by atoms with E-state index in [-0.39, 0.29) is 17.4 Å². The van der Waals surface area contributed by atoms with Crippen molar-refractivity contribution in [3.05, 3.63) is 71.3 Å². The molecule has 0 bridgehead atoms. The molecule has 0 unspecified atom stereocenters. The van der Waals surface area contributed by atoms with Gasteiger partial charge in [0.15, 0.2) is 0 Å². The summed E-state index contributed by atoms with van der Waals surface area (Å²) in [4.78, 5) is 27.6. The molecule has 2 rings (SSSR count). The summed E-state index contributed by atoms with van der Waals surface area (Å²) in [6.45, 7) is 12.4. The lowest BCUT2D eigenvalue weighted by atomic mass is 10.00. The molecule has 0 fully saturated rings. The van der Waals surface area contributed by atoms with Crippen LogP contribution in [0.1, 0.15) is 70.6 Å². The molecule has 30 heavy (non-hydrogen) atoms. The molecule has 0 saturated carbocycles. The minimum Gasteiger partial charge on any atom is -0.350 e. The van der Waals surface area contributed by atoms with E-state index in [0.717, 1.165) is 11.1 Å². The highest BCUT2D eigenvalue weighted by atomic mass is 16.2. The topological polar surface area (TPSA) is 49.4 Å². The summed E-state index contributed by atoms with van der Waals surface area (Å²) >= 11 is 0. The lowest BCUT2D eigenvalue weighted by molar-refractivity contribution is -0.141. The highest BCUT2D eigenvalue weighted by Gasteiger charge is 2.28.